The van der Waals surface area contributed by atoms with Crippen molar-refractivity contribution in [3.63, 3.8) is 0 Å². The van der Waals surface area contributed by atoms with Gasteiger partial charge in [0.15, 0.2) is 5.13 Å². The topological polar surface area (TPSA) is 63.1 Å². The van der Waals surface area contributed by atoms with Gasteiger partial charge in [0.2, 0.25) is 5.91 Å². The molecular formula is C12H17N5OS. The summed E-state index contributed by atoms with van der Waals surface area (Å²) in [6.07, 6.45) is 3.44. The van der Waals surface area contributed by atoms with Crippen LogP contribution in [0.1, 0.15) is 18.7 Å². The molecule has 1 unspecified atom stereocenters. The molecule has 2 rings (SSSR count). The van der Waals surface area contributed by atoms with Gasteiger partial charge in [-0.15, -0.1) is 11.3 Å². The van der Waals surface area contributed by atoms with Crippen LogP contribution in [-0.4, -0.2) is 34.8 Å². The first-order valence-electron chi connectivity index (χ1n) is 5.96. The largest absolute Gasteiger partial charge is 0.354 e. The van der Waals surface area contributed by atoms with Gasteiger partial charge in [0.25, 0.3) is 0 Å². The second-order valence-electron chi connectivity index (χ2n) is 4.40. The third kappa shape index (κ3) is 3.31. The fourth-order valence-electron chi connectivity index (χ4n) is 1.54. The average Bonchev–Trinajstić information content (AvgIpc) is 3.05. The second-order valence-corrected chi connectivity index (χ2v) is 5.23. The number of aromatic nitrogens is 3. The first-order chi connectivity index (χ1) is 9.08. The van der Waals surface area contributed by atoms with E-state index in [4.69, 9.17) is 0 Å². The Morgan fingerprint density at radius 2 is 2.37 bits per heavy atom. The van der Waals surface area contributed by atoms with E-state index < -0.39 is 0 Å². The van der Waals surface area contributed by atoms with Gasteiger partial charge in [-0.25, -0.2) is 4.98 Å². The Kier molecular flexibility index (Phi) is 4.16. The van der Waals surface area contributed by atoms with Crippen molar-refractivity contribution < 1.29 is 4.79 Å². The highest BCUT2D eigenvalue weighted by Crippen LogP contribution is 2.17. The minimum atomic E-state index is -0.318. The fraction of sp³-hybridized carbons (Fsp3) is 0.417. The van der Waals surface area contributed by atoms with Crippen molar-refractivity contribution in [2.24, 2.45) is 0 Å². The van der Waals surface area contributed by atoms with Crippen LogP contribution < -0.4 is 10.2 Å². The summed E-state index contributed by atoms with van der Waals surface area (Å²) < 4.78 is 1.63. The maximum atomic E-state index is 11.9. The van der Waals surface area contributed by atoms with E-state index in [2.05, 4.69) is 15.4 Å². The van der Waals surface area contributed by atoms with Crippen LogP contribution in [0.15, 0.2) is 23.8 Å². The van der Waals surface area contributed by atoms with Crippen molar-refractivity contribution >= 4 is 22.4 Å². The quantitative estimate of drug-likeness (QED) is 0.895. The molecule has 2 heterocycles. The molecule has 0 spiro atoms. The van der Waals surface area contributed by atoms with Crippen molar-refractivity contribution in [1.29, 1.82) is 0 Å². The van der Waals surface area contributed by atoms with Crippen molar-refractivity contribution in [3.05, 3.63) is 29.5 Å². The zero-order valence-electron chi connectivity index (χ0n) is 11.2. The fourth-order valence-corrected chi connectivity index (χ4v) is 2.30. The van der Waals surface area contributed by atoms with E-state index >= 15 is 0 Å². The number of nitrogens with one attached hydrogen (secondary N) is 1. The minimum Gasteiger partial charge on any atom is -0.354 e. The lowest BCUT2D eigenvalue weighted by molar-refractivity contribution is -0.124. The maximum absolute atomic E-state index is 11.9. The van der Waals surface area contributed by atoms with Crippen LogP contribution in [0.3, 0.4) is 0 Å². The number of hydrogen-bond acceptors (Lipinski definition) is 5. The number of rotatable bonds is 5. The summed E-state index contributed by atoms with van der Waals surface area (Å²) >= 11 is 1.56. The van der Waals surface area contributed by atoms with E-state index in [0.29, 0.717) is 6.54 Å². The van der Waals surface area contributed by atoms with Gasteiger partial charge in [-0.3, -0.25) is 9.48 Å². The summed E-state index contributed by atoms with van der Waals surface area (Å²) in [5.74, 6) is -0.0666. The van der Waals surface area contributed by atoms with Crippen molar-refractivity contribution in [3.8, 4) is 0 Å². The molecule has 0 fully saturated rings. The third-order valence-electron chi connectivity index (χ3n) is 2.67. The monoisotopic (exact) mass is 279 g/mol. The van der Waals surface area contributed by atoms with Crippen LogP contribution in [0.2, 0.25) is 0 Å². The molecule has 0 aliphatic rings. The van der Waals surface area contributed by atoms with E-state index in [0.717, 1.165) is 10.8 Å². The Morgan fingerprint density at radius 1 is 1.58 bits per heavy atom. The Labute approximate surface area is 116 Å². The standard InChI is InChI=1S/C12H17N5OS/c1-9(17-6-4-5-14-17)11(18)13-7-10-8-19-12(15-10)16(2)3/h4-6,8-9H,7H2,1-3H3,(H,13,18). The molecule has 1 atom stereocenters. The van der Waals surface area contributed by atoms with Gasteiger partial charge in [-0.2, -0.15) is 5.10 Å². The van der Waals surface area contributed by atoms with Gasteiger partial charge in [0.05, 0.1) is 12.2 Å². The number of nitrogens with zero attached hydrogens (tertiary/aromatic N) is 4. The van der Waals surface area contributed by atoms with Crippen LogP contribution >= 0.6 is 11.3 Å². The second kappa shape index (κ2) is 5.83. The van der Waals surface area contributed by atoms with E-state index in [1.807, 2.05) is 31.3 Å². The molecule has 1 N–H and O–H groups in total. The molecule has 6 nitrogen and oxygen atoms in total. The number of hydrogen-bond donors (Lipinski definition) is 1. The predicted molar refractivity (Wildman–Crippen MR) is 75.2 cm³/mol. The number of thiazole rings is 1. The maximum Gasteiger partial charge on any atom is 0.244 e. The van der Waals surface area contributed by atoms with Gasteiger partial charge >= 0.3 is 0 Å². The summed E-state index contributed by atoms with van der Waals surface area (Å²) in [5.41, 5.74) is 0.870. The number of amides is 1. The van der Waals surface area contributed by atoms with Crippen LogP contribution in [0, 0.1) is 0 Å². The van der Waals surface area contributed by atoms with Crippen molar-refractivity contribution in [2.45, 2.75) is 19.5 Å². The Morgan fingerprint density at radius 3 is 2.95 bits per heavy atom. The highest BCUT2D eigenvalue weighted by atomic mass is 32.1. The predicted octanol–water partition coefficient (Wildman–Crippen LogP) is 1.28. The van der Waals surface area contributed by atoms with Crippen LogP contribution in [0.5, 0.6) is 0 Å². The molecule has 0 radical (unpaired) electrons. The Hall–Kier alpha value is -1.89. The molecular weight excluding hydrogens is 262 g/mol. The number of anilines is 1. The molecule has 0 aliphatic heterocycles. The average molecular weight is 279 g/mol. The van der Waals surface area contributed by atoms with Crippen molar-refractivity contribution in [1.82, 2.24) is 20.1 Å². The highest BCUT2D eigenvalue weighted by molar-refractivity contribution is 7.13. The van der Waals surface area contributed by atoms with E-state index in [1.165, 1.54) is 0 Å². The zero-order valence-corrected chi connectivity index (χ0v) is 12.0. The SMILES string of the molecule is CC(C(=O)NCc1csc(N(C)C)n1)n1cccn1. The Bertz CT molecular complexity index is 534. The first kappa shape index (κ1) is 13.5. The van der Waals surface area contributed by atoms with Crippen LogP contribution in [-0.2, 0) is 11.3 Å². The van der Waals surface area contributed by atoms with Gasteiger partial charge in [-0.05, 0) is 13.0 Å². The summed E-state index contributed by atoms with van der Waals surface area (Å²) in [5, 5.41) is 9.81. The third-order valence-corrected chi connectivity index (χ3v) is 3.72. The van der Waals surface area contributed by atoms with E-state index in [1.54, 1.807) is 34.5 Å². The molecule has 0 saturated heterocycles. The zero-order chi connectivity index (χ0) is 13.8. The van der Waals surface area contributed by atoms with Gasteiger partial charge in [-0.1, -0.05) is 0 Å². The highest BCUT2D eigenvalue weighted by Gasteiger charge is 2.15. The van der Waals surface area contributed by atoms with Gasteiger partial charge < -0.3 is 10.2 Å². The van der Waals surface area contributed by atoms with Crippen LogP contribution in [0.4, 0.5) is 5.13 Å². The smallest absolute Gasteiger partial charge is 0.244 e. The van der Waals surface area contributed by atoms with E-state index in [9.17, 15) is 4.79 Å². The molecule has 2 aromatic rings. The molecule has 2 aromatic heterocycles. The lowest BCUT2D eigenvalue weighted by atomic mass is 10.3. The Balaban J connectivity index is 1.89. The summed E-state index contributed by atoms with van der Waals surface area (Å²) in [4.78, 5) is 18.3. The number of carbonyl (C=O) groups is 1. The lowest BCUT2D eigenvalue weighted by Crippen LogP contribution is -2.30. The summed E-state index contributed by atoms with van der Waals surface area (Å²) in [7, 11) is 3.89. The molecule has 7 heteroatoms. The van der Waals surface area contributed by atoms with Gasteiger partial charge in [0, 0.05) is 31.9 Å². The molecule has 19 heavy (non-hydrogen) atoms. The molecule has 0 aliphatic carbocycles. The normalized spacial score (nSPS) is 12.2. The molecule has 0 bridgehead atoms. The molecule has 0 saturated carbocycles. The molecule has 0 aromatic carbocycles. The van der Waals surface area contributed by atoms with E-state index in [-0.39, 0.29) is 11.9 Å². The summed E-state index contributed by atoms with van der Waals surface area (Å²) in [6.45, 7) is 2.25. The van der Waals surface area contributed by atoms with Crippen LogP contribution in [0.25, 0.3) is 0 Å². The molecule has 102 valence electrons. The van der Waals surface area contributed by atoms with Gasteiger partial charge in [0.1, 0.15) is 6.04 Å². The first-order valence-corrected chi connectivity index (χ1v) is 6.84. The van der Waals surface area contributed by atoms with Crippen molar-refractivity contribution in [2.75, 3.05) is 19.0 Å². The summed E-state index contributed by atoms with van der Waals surface area (Å²) in [6, 6.07) is 1.48. The molecule has 1 amide bonds. The lowest BCUT2D eigenvalue weighted by Gasteiger charge is -2.11. The minimum absolute atomic E-state index is 0.0666. The number of carbonyl (C=O) groups excluding carboxylic acids is 1.